The summed E-state index contributed by atoms with van der Waals surface area (Å²) in [5.74, 6) is 2.17. The number of nitrogens with zero attached hydrogens (tertiary/aromatic N) is 5. The molecule has 1 aliphatic rings. The van der Waals surface area contributed by atoms with Crippen molar-refractivity contribution in [2.45, 2.75) is 25.9 Å². The van der Waals surface area contributed by atoms with Crippen LogP contribution in [0.2, 0.25) is 0 Å². The highest BCUT2D eigenvalue weighted by Crippen LogP contribution is 2.32. The number of hydrogen-bond donors (Lipinski definition) is 3. The van der Waals surface area contributed by atoms with E-state index in [-0.39, 0.29) is 6.10 Å². The van der Waals surface area contributed by atoms with Crippen molar-refractivity contribution in [3.05, 3.63) is 48.6 Å². The number of para-hydroxylation sites is 1. The molecular formula is C23H22N8O2. The van der Waals surface area contributed by atoms with E-state index in [1.165, 1.54) is 0 Å². The van der Waals surface area contributed by atoms with Crippen molar-refractivity contribution in [2.24, 2.45) is 0 Å². The Morgan fingerprint density at radius 3 is 2.88 bits per heavy atom. The third-order valence-corrected chi connectivity index (χ3v) is 5.72. The van der Waals surface area contributed by atoms with Crippen LogP contribution in [-0.4, -0.2) is 49.6 Å². The van der Waals surface area contributed by atoms with Gasteiger partial charge < -0.3 is 19.8 Å². The lowest BCUT2D eigenvalue weighted by Gasteiger charge is -2.24. The predicted octanol–water partition coefficient (Wildman–Crippen LogP) is 3.74. The highest BCUT2D eigenvalue weighted by molar-refractivity contribution is 5.95. The molecular weight excluding hydrogens is 420 g/mol. The highest BCUT2D eigenvalue weighted by Gasteiger charge is 2.17. The van der Waals surface area contributed by atoms with E-state index in [0.717, 1.165) is 64.7 Å². The number of hydrogen-bond acceptors (Lipinski definition) is 9. The van der Waals surface area contributed by atoms with Crippen molar-refractivity contribution in [2.75, 3.05) is 18.4 Å². The summed E-state index contributed by atoms with van der Waals surface area (Å²) in [6.07, 6.45) is 5.69. The van der Waals surface area contributed by atoms with Crippen LogP contribution in [0.1, 0.15) is 18.7 Å². The third-order valence-electron chi connectivity index (χ3n) is 5.72. The lowest BCUT2D eigenvalue weighted by atomic mass is 10.1. The number of nitrogens with one attached hydrogen (secondary N) is 3. The average Bonchev–Trinajstić information content (AvgIpc) is 3.48. The van der Waals surface area contributed by atoms with Crippen molar-refractivity contribution in [3.8, 4) is 17.2 Å². The minimum Gasteiger partial charge on any atom is -0.488 e. The lowest BCUT2D eigenvalue weighted by Crippen LogP contribution is -2.34. The van der Waals surface area contributed by atoms with Crippen LogP contribution in [0.25, 0.3) is 33.3 Å². The van der Waals surface area contributed by atoms with Crippen LogP contribution >= 0.6 is 0 Å². The van der Waals surface area contributed by atoms with Gasteiger partial charge in [0, 0.05) is 29.6 Å². The molecule has 10 heteroatoms. The lowest BCUT2D eigenvalue weighted by molar-refractivity contribution is 0.164. The first-order chi connectivity index (χ1) is 16.2. The second-order valence-electron chi connectivity index (χ2n) is 8.06. The summed E-state index contributed by atoms with van der Waals surface area (Å²) in [7, 11) is 0. The molecule has 0 saturated carbocycles. The molecule has 0 amide bonds. The maximum atomic E-state index is 6.30. The number of ether oxygens (including phenoxy) is 1. The van der Waals surface area contributed by atoms with Gasteiger partial charge in [0.2, 0.25) is 17.7 Å². The molecule has 0 aliphatic carbocycles. The fourth-order valence-electron chi connectivity index (χ4n) is 4.11. The molecule has 0 spiro atoms. The summed E-state index contributed by atoms with van der Waals surface area (Å²) in [6, 6.07) is 9.80. The van der Waals surface area contributed by atoms with Gasteiger partial charge in [-0.15, -0.1) is 10.2 Å². The smallest absolute Gasteiger partial charge is 0.248 e. The van der Waals surface area contributed by atoms with E-state index in [1.54, 1.807) is 19.3 Å². The molecule has 0 unspecified atom stereocenters. The average molecular weight is 442 g/mol. The molecule has 1 aliphatic heterocycles. The van der Waals surface area contributed by atoms with Gasteiger partial charge in [-0.3, -0.25) is 5.10 Å². The molecule has 3 aromatic heterocycles. The number of aryl methyl sites for hydroxylation is 1. The van der Waals surface area contributed by atoms with E-state index in [0.29, 0.717) is 17.7 Å². The standard InChI is InChI=1S/C23H22N8O2/c1-13-29-31-22(32-13)17-9-15(10-19-18(17)12-26-30-19)27-23-25-11-14-3-2-4-20(21(14)28-23)33-16-5-7-24-8-6-16/h2-4,9-12,16,24H,5-8H2,1H3,(H,26,30)(H,25,27,28). The maximum Gasteiger partial charge on any atom is 0.248 e. The van der Waals surface area contributed by atoms with E-state index < -0.39 is 0 Å². The van der Waals surface area contributed by atoms with Gasteiger partial charge in [-0.25, -0.2) is 9.97 Å². The minimum absolute atomic E-state index is 0.187. The summed E-state index contributed by atoms with van der Waals surface area (Å²) in [6.45, 7) is 3.70. The van der Waals surface area contributed by atoms with Crippen molar-refractivity contribution in [3.63, 3.8) is 0 Å². The molecule has 5 aromatic rings. The van der Waals surface area contributed by atoms with Gasteiger partial charge in [0.05, 0.1) is 17.3 Å². The zero-order valence-electron chi connectivity index (χ0n) is 18.0. The number of aromatic amines is 1. The molecule has 4 heterocycles. The molecule has 0 radical (unpaired) electrons. The number of piperidine rings is 1. The summed E-state index contributed by atoms with van der Waals surface area (Å²) >= 11 is 0. The highest BCUT2D eigenvalue weighted by atomic mass is 16.5. The second kappa shape index (κ2) is 8.14. The SMILES string of the molecule is Cc1nnc(-c2cc(Nc3ncc4cccc(OC5CCNCC5)c4n3)cc3[nH]ncc23)o1. The number of benzene rings is 2. The molecule has 10 nitrogen and oxygen atoms in total. The zero-order chi connectivity index (χ0) is 22.2. The summed E-state index contributed by atoms with van der Waals surface area (Å²) in [4.78, 5) is 9.27. The Morgan fingerprint density at radius 2 is 2.03 bits per heavy atom. The first-order valence-electron chi connectivity index (χ1n) is 10.9. The first-order valence-corrected chi connectivity index (χ1v) is 10.9. The van der Waals surface area contributed by atoms with E-state index >= 15 is 0 Å². The number of fused-ring (bicyclic) bond motifs is 2. The van der Waals surface area contributed by atoms with Gasteiger partial charge in [-0.2, -0.15) is 5.10 Å². The zero-order valence-corrected chi connectivity index (χ0v) is 18.0. The van der Waals surface area contributed by atoms with E-state index in [2.05, 4.69) is 36.0 Å². The van der Waals surface area contributed by atoms with E-state index in [9.17, 15) is 0 Å². The summed E-state index contributed by atoms with van der Waals surface area (Å²) in [5.41, 5.74) is 3.17. The van der Waals surface area contributed by atoms with Gasteiger partial charge in [0.15, 0.2) is 0 Å². The van der Waals surface area contributed by atoms with Crippen LogP contribution in [0.4, 0.5) is 11.6 Å². The van der Waals surface area contributed by atoms with Gasteiger partial charge in [0.1, 0.15) is 17.4 Å². The number of aromatic nitrogens is 6. The minimum atomic E-state index is 0.187. The molecule has 6 rings (SSSR count). The number of rotatable bonds is 5. The Bertz CT molecular complexity index is 1440. The molecule has 0 atom stereocenters. The first kappa shape index (κ1) is 19.6. The Morgan fingerprint density at radius 1 is 1.12 bits per heavy atom. The predicted molar refractivity (Wildman–Crippen MR) is 123 cm³/mol. The van der Waals surface area contributed by atoms with Gasteiger partial charge in [-0.05, 0) is 44.1 Å². The fourth-order valence-corrected chi connectivity index (χ4v) is 4.11. The van der Waals surface area contributed by atoms with Crippen molar-refractivity contribution in [1.82, 2.24) is 35.7 Å². The maximum absolute atomic E-state index is 6.30. The topological polar surface area (TPSA) is 127 Å². The Kier molecular flexibility index (Phi) is 4.84. The molecule has 1 fully saturated rings. The van der Waals surface area contributed by atoms with Crippen LogP contribution in [-0.2, 0) is 0 Å². The Labute approximate surface area is 188 Å². The largest absolute Gasteiger partial charge is 0.488 e. The molecule has 0 bridgehead atoms. The van der Waals surface area contributed by atoms with Crippen LogP contribution in [0.3, 0.4) is 0 Å². The van der Waals surface area contributed by atoms with E-state index in [4.69, 9.17) is 14.1 Å². The van der Waals surface area contributed by atoms with Crippen LogP contribution in [0, 0.1) is 6.92 Å². The number of anilines is 2. The normalized spacial score (nSPS) is 14.7. The van der Waals surface area contributed by atoms with Crippen LogP contribution < -0.4 is 15.4 Å². The quantitative estimate of drug-likeness (QED) is 0.373. The van der Waals surface area contributed by atoms with Crippen molar-refractivity contribution < 1.29 is 9.15 Å². The Balaban J connectivity index is 1.35. The van der Waals surface area contributed by atoms with Gasteiger partial charge >= 0.3 is 0 Å². The summed E-state index contributed by atoms with van der Waals surface area (Å²) < 4.78 is 12.0. The fraction of sp³-hybridized carbons (Fsp3) is 0.261. The van der Waals surface area contributed by atoms with Crippen molar-refractivity contribution in [1.29, 1.82) is 0 Å². The molecule has 1 saturated heterocycles. The van der Waals surface area contributed by atoms with Crippen molar-refractivity contribution >= 4 is 33.4 Å². The monoisotopic (exact) mass is 442 g/mol. The van der Waals surface area contributed by atoms with Gasteiger partial charge in [0.25, 0.3) is 0 Å². The van der Waals surface area contributed by atoms with Crippen LogP contribution in [0.5, 0.6) is 5.75 Å². The molecule has 33 heavy (non-hydrogen) atoms. The van der Waals surface area contributed by atoms with E-state index in [1.807, 2.05) is 30.3 Å². The summed E-state index contributed by atoms with van der Waals surface area (Å²) in [5, 5.41) is 23.8. The third kappa shape index (κ3) is 3.85. The van der Waals surface area contributed by atoms with Gasteiger partial charge in [-0.1, -0.05) is 12.1 Å². The second-order valence-corrected chi connectivity index (χ2v) is 8.06. The molecule has 166 valence electrons. The Hall–Kier alpha value is -4.05. The number of H-pyrrole nitrogens is 1. The molecule has 2 aromatic carbocycles. The molecule has 3 N–H and O–H groups in total. The van der Waals surface area contributed by atoms with Crippen LogP contribution in [0.15, 0.2) is 47.1 Å².